The summed E-state index contributed by atoms with van der Waals surface area (Å²) in [5, 5.41) is 5.91. The van der Waals surface area contributed by atoms with Gasteiger partial charge in [0.25, 0.3) is 0 Å². The van der Waals surface area contributed by atoms with Crippen molar-refractivity contribution in [1.82, 2.24) is 5.32 Å². The second kappa shape index (κ2) is 8.11. The van der Waals surface area contributed by atoms with Gasteiger partial charge < -0.3 is 15.4 Å². The van der Waals surface area contributed by atoms with Gasteiger partial charge in [0, 0.05) is 23.8 Å². The highest BCUT2D eigenvalue weighted by atomic mass is 79.9. The molecule has 0 aliphatic carbocycles. The van der Waals surface area contributed by atoms with E-state index in [-0.39, 0.29) is 12.5 Å². The molecule has 100 valence electrons. The number of methoxy groups -OCH3 is 1. The molecule has 1 aromatic rings. The molecule has 0 bridgehead atoms. The molecular formula is C13H19BrN2O2. The van der Waals surface area contributed by atoms with Crippen LogP contribution in [0.4, 0.5) is 5.69 Å². The summed E-state index contributed by atoms with van der Waals surface area (Å²) in [6.07, 6.45) is 0.924. The molecule has 0 unspecified atom stereocenters. The average Bonchev–Trinajstić information content (AvgIpc) is 2.37. The number of ether oxygens (including phenoxy) is 1. The van der Waals surface area contributed by atoms with Gasteiger partial charge >= 0.3 is 0 Å². The molecule has 0 atom stereocenters. The van der Waals surface area contributed by atoms with Crippen molar-refractivity contribution >= 4 is 27.5 Å². The molecule has 0 aliphatic heterocycles. The Bertz CT molecular complexity index is 397. The van der Waals surface area contributed by atoms with Gasteiger partial charge in [-0.15, -0.1) is 0 Å². The molecule has 0 radical (unpaired) electrons. The van der Waals surface area contributed by atoms with E-state index >= 15 is 0 Å². The van der Waals surface area contributed by atoms with E-state index in [4.69, 9.17) is 4.74 Å². The van der Waals surface area contributed by atoms with Crippen molar-refractivity contribution in [2.75, 3.05) is 32.1 Å². The number of rotatable bonds is 7. The zero-order chi connectivity index (χ0) is 13.4. The molecule has 4 nitrogen and oxygen atoms in total. The predicted octanol–water partition coefficient (Wildman–Crippen LogP) is 2.19. The smallest absolute Gasteiger partial charge is 0.239 e. The van der Waals surface area contributed by atoms with E-state index < -0.39 is 0 Å². The number of benzene rings is 1. The highest BCUT2D eigenvalue weighted by Gasteiger charge is 2.04. The van der Waals surface area contributed by atoms with E-state index in [0.29, 0.717) is 13.2 Å². The monoisotopic (exact) mass is 314 g/mol. The lowest BCUT2D eigenvalue weighted by molar-refractivity contribution is -0.119. The van der Waals surface area contributed by atoms with Crippen LogP contribution >= 0.6 is 15.9 Å². The zero-order valence-corrected chi connectivity index (χ0v) is 12.3. The van der Waals surface area contributed by atoms with Gasteiger partial charge in [-0.05, 0) is 30.2 Å². The summed E-state index contributed by atoms with van der Waals surface area (Å²) in [6, 6.07) is 6.00. The minimum atomic E-state index is -0.0305. The second-order valence-corrected chi connectivity index (χ2v) is 4.77. The number of nitrogens with one attached hydrogen (secondary N) is 2. The Morgan fingerprint density at radius 3 is 2.89 bits per heavy atom. The molecule has 1 aromatic carbocycles. The Labute approximate surface area is 116 Å². The Balaban J connectivity index is 2.45. The quantitative estimate of drug-likeness (QED) is 0.758. The van der Waals surface area contributed by atoms with Crippen LogP contribution in [-0.4, -0.2) is 32.7 Å². The van der Waals surface area contributed by atoms with Crippen LogP contribution in [0.1, 0.15) is 12.5 Å². The van der Waals surface area contributed by atoms with E-state index in [1.807, 2.05) is 12.1 Å². The normalized spacial score (nSPS) is 10.2. The first-order valence-corrected chi connectivity index (χ1v) is 6.74. The van der Waals surface area contributed by atoms with Crippen LogP contribution in [0.5, 0.6) is 0 Å². The van der Waals surface area contributed by atoms with Gasteiger partial charge in [0.1, 0.15) is 0 Å². The molecule has 0 heterocycles. The third kappa shape index (κ3) is 5.06. The molecule has 5 heteroatoms. The van der Waals surface area contributed by atoms with Crippen LogP contribution in [0.2, 0.25) is 0 Å². The standard InChI is InChI=1S/C13H19BrN2O2/c1-3-10-8-11(14)4-5-12(10)16-9-13(17)15-6-7-18-2/h4-5,8,16H,3,6-7,9H2,1-2H3,(H,15,17). The summed E-state index contributed by atoms with van der Waals surface area (Å²) in [6.45, 7) is 3.44. The summed E-state index contributed by atoms with van der Waals surface area (Å²) in [7, 11) is 1.61. The van der Waals surface area contributed by atoms with Crippen molar-refractivity contribution in [2.45, 2.75) is 13.3 Å². The number of anilines is 1. The van der Waals surface area contributed by atoms with E-state index in [1.54, 1.807) is 7.11 Å². The first-order valence-electron chi connectivity index (χ1n) is 5.95. The van der Waals surface area contributed by atoms with Gasteiger partial charge in [-0.3, -0.25) is 4.79 Å². The lowest BCUT2D eigenvalue weighted by Crippen LogP contribution is -2.32. The van der Waals surface area contributed by atoms with Crippen molar-refractivity contribution in [3.8, 4) is 0 Å². The van der Waals surface area contributed by atoms with Crippen molar-refractivity contribution in [3.05, 3.63) is 28.2 Å². The van der Waals surface area contributed by atoms with Crippen LogP contribution in [0, 0.1) is 0 Å². The lowest BCUT2D eigenvalue weighted by Gasteiger charge is -2.11. The van der Waals surface area contributed by atoms with Gasteiger partial charge in [-0.25, -0.2) is 0 Å². The highest BCUT2D eigenvalue weighted by molar-refractivity contribution is 9.10. The van der Waals surface area contributed by atoms with Crippen molar-refractivity contribution in [3.63, 3.8) is 0 Å². The number of amides is 1. The molecule has 0 saturated heterocycles. The Morgan fingerprint density at radius 2 is 2.22 bits per heavy atom. The molecule has 0 aromatic heterocycles. The fraction of sp³-hybridized carbons (Fsp3) is 0.462. The number of carbonyl (C=O) groups excluding carboxylic acids is 1. The summed E-state index contributed by atoms with van der Waals surface area (Å²) in [5.74, 6) is -0.0305. The molecule has 0 spiro atoms. The van der Waals surface area contributed by atoms with E-state index in [9.17, 15) is 4.79 Å². The third-order valence-electron chi connectivity index (χ3n) is 2.52. The molecule has 0 saturated carbocycles. The first-order chi connectivity index (χ1) is 8.67. The summed E-state index contributed by atoms with van der Waals surface area (Å²) < 4.78 is 5.91. The molecule has 2 N–H and O–H groups in total. The van der Waals surface area contributed by atoms with E-state index in [1.165, 1.54) is 5.56 Å². The average molecular weight is 315 g/mol. The van der Waals surface area contributed by atoms with E-state index in [2.05, 4.69) is 39.6 Å². The maximum absolute atomic E-state index is 11.5. The maximum atomic E-state index is 11.5. The fourth-order valence-electron chi connectivity index (χ4n) is 1.56. The fourth-order valence-corrected chi connectivity index (χ4v) is 1.97. The van der Waals surface area contributed by atoms with Crippen LogP contribution in [0.25, 0.3) is 0 Å². The molecule has 18 heavy (non-hydrogen) atoms. The minimum Gasteiger partial charge on any atom is -0.383 e. The van der Waals surface area contributed by atoms with Gasteiger partial charge in [-0.1, -0.05) is 22.9 Å². The van der Waals surface area contributed by atoms with Crippen molar-refractivity contribution < 1.29 is 9.53 Å². The van der Waals surface area contributed by atoms with Gasteiger partial charge in [0.15, 0.2) is 0 Å². The molecule has 0 aliphatic rings. The molecular weight excluding hydrogens is 296 g/mol. The van der Waals surface area contributed by atoms with E-state index in [0.717, 1.165) is 16.6 Å². The Hall–Kier alpha value is -1.07. The second-order valence-electron chi connectivity index (χ2n) is 3.85. The molecule has 1 amide bonds. The topological polar surface area (TPSA) is 50.4 Å². The SMILES string of the molecule is CCc1cc(Br)ccc1NCC(=O)NCCOC. The number of hydrogen-bond donors (Lipinski definition) is 2. The lowest BCUT2D eigenvalue weighted by atomic mass is 10.1. The Kier molecular flexibility index (Phi) is 6.75. The summed E-state index contributed by atoms with van der Waals surface area (Å²) >= 11 is 3.44. The van der Waals surface area contributed by atoms with Gasteiger partial charge in [-0.2, -0.15) is 0 Å². The number of aryl methyl sites for hydroxylation is 1. The highest BCUT2D eigenvalue weighted by Crippen LogP contribution is 2.21. The van der Waals surface area contributed by atoms with Crippen LogP contribution < -0.4 is 10.6 Å². The summed E-state index contributed by atoms with van der Waals surface area (Å²) in [5.41, 5.74) is 2.19. The molecule has 0 fully saturated rings. The maximum Gasteiger partial charge on any atom is 0.239 e. The number of hydrogen-bond acceptors (Lipinski definition) is 3. The number of carbonyl (C=O) groups is 1. The summed E-state index contributed by atoms with van der Waals surface area (Å²) in [4.78, 5) is 11.5. The largest absolute Gasteiger partial charge is 0.383 e. The van der Waals surface area contributed by atoms with Crippen LogP contribution in [-0.2, 0) is 16.0 Å². The minimum absolute atomic E-state index is 0.0305. The Morgan fingerprint density at radius 1 is 1.44 bits per heavy atom. The predicted molar refractivity (Wildman–Crippen MR) is 76.9 cm³/mol. The third-order valence-corrected chi connectivity index (χ3v) is 3.01. The van der Waals surface area contributed by atoms with Gasteiger partial charge in [0.05, 0.1) is 13.2 Å². The van der Waals surface area contributed by atoms with Gasteiger partial charge in [0.2, 0.25) is 5.91 Å². The number of halogens is 1. The van der Waals surface area contributed by atoms with Crippen LogP contribution in [0.15, 0.2) is 22.7 Å². The molecule has 1 rings (SSSR count). The van der Waals surface area contributed by atoms with Crippen molar-refractivity contribution in [2.24, 2.45) is 0 Å². The first kappa shape index (κ1) is 15.0. The zero-order valence-electron chi connectivity index (χ0n) is 10.8. The van der Waals surface area contributed by atoms with Crippen molar-refractivity contribution in [1.29, 1.82) is 0 Å². The van der Waals surface area contributed by atoms with Crippen LogP contribution in [0.3, 0.4) is 0 Å².